The van der Waals surface area contributed by atoms with E-state index in [1.54, 1.807) is 0 Å². The summed E-state index contributed by atoms with van der Waals surface area (Å²) in [7, 11) is 0.300. The molecule has 0 aliphatic carbocycles. The SMILES string of the molecule is CCOC(C)C[SiH2]CCCCCC[SiH2]CC(C)OCC. The fraction of sp³-hybridized carbons (Fsp3) is 1.00. The maximum Gasteiger partial charge on any atom is 0.0518 e. The summed E-state index contributed by atoms with van der Waals surface area (Å²) in [5, 5.41) is 0. The van der Waals surface area contributed by atoms with Gasteiger partial charge in [0.05, 0.1) is 12.2 Å². The van der Waals surface area contributed by atoms with Crippen LogP contribution in [0.15, 0.2) is 0 Å². The van der Waals surface area contributed by atoms with Gasteiger partial charge in [0.2, 0.25) is 0 Å². The highest BCUT2D eigenvalue weighted by Crippen LogP contribution is 2.09. The highest BCUT2D eigenvalue weighted by molar-refractivity contribution is 6.35. The molecule has 0 saturated heterocycles. The van der Waals surface area contributed by atoms with Gasteiger partial charge in [-0.25, -0.2) is 0 Å². The Kier molecular flexibility index (Phi) is 16.0. The molecule has 0 aromatic rings. The number of hydrogen-bond acceptors (Lipinski definition) is 2. The summed E-state index contributed by atoms with van der Waals surface area (Å²) in [6.45, 7) is 10.4. The van der Waals surface area contributed by atoms with E-state index in [1.807, 2.05) is 0 Å². The van der Waals surface area contributed by atoms with E-state index in [0.717, 1.165) is 13.2 Å². The van der Waals surface area contributed by atoms with Crippen LogP contribution in [0.2, 0.25) is 24.2 Å². The molecule has 122 valence electrons. The largest absolute Gasteiger partial charge is 0.379 e. The monoisotopic (exact) mass is 318 g/mol. The molecule has 0 heterocycles. The van der Waals surface area contributed by atoms with Gasteiger partial charge in [-0.2, -0.15) is 0 Å². The smallest absolute Gasteiger partial charge is 0.0518 e. The molecule has 0 aromatic carbocycles. The van der Waals surface area contributed by atoms with Crippen LogP contribution < -0.4 is 0 Å². The first-order valence-electron chi connectivity index (χ1n) is 8.93. The van der Waals surface area contributed by atoms with Crippen LogP contribution in [-0.2, 0) is 9.47 Å². The van der Waals surface area contributed by atoms with Crippen LogP contribution in [-0.4, -0.2) is 44.5 Å². The number of unbranched alkanes of at least 4 members (excludes halogenated alkanes) is 3. The Hall–Kier alpha value is 0.354. The van der Waals surface area contributed by atoms with Gasteiger partial charge in [-0.15, -0.1) is 0 Å². The Labute approximate surface area is 132 Å². The predicted molar refractivity (Wildman–Crippen MR) is 97.0 cm³/mol. The minimum atomic E-state index is 0.150. The number of rotatable bonds is 15. The number of hydrogen-bond donors (Lipinski definition) is 0. The summed E-state index contributed by atoms with van der Waals surface area (Å²) in [5.41, 5.74) is 0. The van der Waals surface area contributed by atoms with Crippen molar-refractivity contribution in [3.8, 4) is 0 Å². The highest BCUT2D eigenvalue weighted by atomic mass is 28.2. The van der Waals surface area contributed by atoms with Gasteiger partial charge in [0, 0.05) is 32.3 Å². The van der Waals surface area contributed by atoms with Gasteiger partial charge in [-0.05, 0) is 39.8 Å². The molecular formula is C16H38O2Si2. The molecule has 0 saturated carbocycles. The van der Waals surface area contributed by atoms with E-state index in [-0.39, 0.29) is 19.0 Å². The lowest BCUT2D eigenvalue weighted by atomic mass is 10.2. The molecule has 0 N–H and O–H groups in total. The van der Waals surface area contributed by atoms with Crippen LogP contribution in [0.4, 0.5) is 0 Å². The molecule has 2 unspecified atom stereocenters. The van der Waals surface area contributed by atoms with Gasteiger partial charge in [-0.1, -0.05) is 37.8 Å². The first kappa shape index (κ1) is 20.4. The van der Waals surface area contributed by atoms with E-state index in [2.05, 4.69) is 27.7 Å². The molecule has 0 radical (unpaired) electrons. The zero-order valence-electron chi connectivity index (χ0n) is 14.5. The van der Waals surface area contributed by atoms with Crippen molar-refractivity contribution in [2.45, 2.75) is 89.8 Å². The van der Waals surface area contributed by atoms with Crippen molar-refractivity contribution in [3.63, 3.8) is 0 Å². The summed E-state index contributed by atoms with van der Waals surface area (Å²) in [6, 6.07) is 5.79. The van der Waals surface area contributed by atoms with Crippen LogP contribution in [0.3, 0.4) is 0 Å². The molecule has 0 bridgehead atoms. The van der Waals surface area contributed by atoms with E-state index >= 15 is 0 Å². The molecule has 2 atom stereocenters. The van der Waals surface area contributed by atoms with Crippen LogP contribution >= 0.6 is 0 Å². The lowest BCUT2D eigenvalue weighted by molar-refractivity contribution is 0.0896. The molecule has 0 fully saturated rings. The van der Waals surface area contributed by atoms with E-state index < -0.39 is 0 Å². The topological polar surface area (TPSA) is 18.5 Å². The molecule has 0 amide bonds. The summed E-state index contributed by atoms with van der Waals surface area (Å²) >= 11 is 0. The van der Waals surface area contributed by atoms with Crippen LogP contribution in [0.25, 0.3) is 0 Å². The van der Waals surface area contributed by atoms with Crippen molar-refractivity contribution < 1.29 is 9.47 Å². The van der Waals surface area contributed by atoms with Crippen molar-refractivity contribution in [3.05, 3.63) is 0 Å². The van der Waals surface area contributed by atoms with Crippen molar-refractivity contribution in [2.24, 2.45) is 0 Å². The maximum absolute atomic E-state index is 5.58. The lowest BCUT2D eigenvalue weighted by Crippen LogP contribution is -2.10. The summed E-state index contributed by atoms with van der Waals surface area (Å²) in [4.78, 5) is 0. The van der Waals surface area contributed by atoms with Gasteiger partial charge >= 0.3 is 0 Å². The third-order valence-corrected chi connectivity index (χ3v) is 8.32. The molecular weight excluding hydrogens is 280 g/mol. The van der Waals surface area contributed by atoms with Gasteiger partial charge in [-0.3, -0.25) is 0 Å². The molecule has 0 spiro atoms. The average molecular weight is 319 g/mol. The second-order valence-corrected chi connectivity index (χ2v) is 9.92. The van der Waals surface area contributed by atoms with Gasteiger partial charge in [0.1, 0.15) is 0 Å². The van der Waals surface area contributed by atoms with Gasteiger partial charge in [0.15, 0.2) is 0 Å². The zero-order chi connectivity index (χ0) is 15.1. The summed E-state index contributed by atoms with van der Waals surface area (Å²) in [6.07, 6.45) is 6.91. The van der Waals surface area contributed by atoms with Crippen molar-refractivity contribution in [2.75, 3.05) is 13.2 Å². The molecule has 2 nitrogen and oxygen atoms in total. The standard InChI is InChI=1S/C16H38O2Si2/c1-5-17-15(3)13-19-11-9-7-8-10-12-20-14-16(4)18-6-2/h15-16H,5-14,19-20H2,1-4H3. The Morgan fingerprint density at radius 1 is 0.700 bits per heavy atom. The second kappa shape index (κ2) is 15.7. The third kappa shape index (κ3) is 14.8. The Morgan fingerprint density at radius 2 is 1.10 bits per heavy atom. The minimum absolute atomic E-state index is 0.150. The fourth-order valence-corrected chi connectivity index (χ4v) is 6.13. The average Bonchev–Trinajstić information content (AvgIpc) is 2.41. The van der Waals surface area contributed by atoms with E-state index in [4.69, 9.17) is 9.47 Å². The molecule has 0 aliphatic rings. The third-order valence-electron chi connectivity index (χ3n) is 3.87. The summed E-state index contributed by atoms with van der Waals surface area (Å²) < 4.78 is 11.2. The molecule has 4 heteroatoms. The van der Waals surface area contributed by atoms with Crippen LogP contribution in [0, 0.1) is 0 Å². The molecule has 0 rings (SSSR count). The minimum Gasteiger partial charge on any atom is -0.379 e. The first-order chi connectivity index (χ1) is 9.70. The van der Waals surface area contributed by atoms with Gasteiger partial charge in [0.25, 0.3) is 0 Å². The molecule has 0 aromatic heterocycles. The fourth-order valence-electron chi connectivity index (χ4n) is 2.66. The van der Waals surface area contributed by atoms with Crippen LogP contribution in [0.1, 0.15) is 53.4 Å². The maximum atomic E-state index is 5.58. The Morgan fingerprint density at radius 3 is 1.45 bits per heavy atom. The van der Waals surface area contributed by atoms with E-state index in [9.17, 15) is 0 Å². The van der Waals surface area contributed by atoms with E-state index in [1.165, 1.54) is 49.9 Å². The van der Waals surface area contributed by atoms with Crippen molar-refractivity contribution in [1.29, 1.82) is 0 Å². The number of ether oxygens (including phenoxy) is 2. The lowest BCUT2D eigenvalue weighted by Gasteiger charge is -2.11. The summed E-state index contributed by atoms with van der Waals surface area (Å²) in [5.74, 6) is 0. The molecule has 20 heavy (non-hydrogen) atoms. The Bertz CT molecular complexity index is 171. The normalized spacial score (nSPS) is 15.6. The van der Waals surface area contributed by atoms with Gasteiger partial charge < -0.3 is 9.47 Å². The molecule has 0 aliphatic heterocycles. The van der Waals surface area contributed by atoms with Crippen molar-refractivity contribution >= 4 is 19.0 Å². The quantitative estimate of drug-likeness (QED) is 0.340. The van der Waals surface area contributed by atoms with Crippen LogP contribution in [0.5, 0.6) is 0 Å². The van der Waals surface area contributed by atoms with Crippen molar-refractivity contribution in [1.82, 2.24) is 0 Å². The van der Waals surface area contributed by atoms with E-state index in [0.29, 0.717) is 12.2 Å². The predicted octanol–water partition coefficient (Wildman–Crippen LogP) is 3.41. The Balaban J connectivity index is 3.10. The highest BCUT2D eigenvalue weighted by Gasteiger charge is 2.02. The second-order valence-electron chi connectivity index (χ2n) is 5.94. The zero-order valence-corrected chi connectivity index (χ0v) is 17.3. The first-order valence-corrected chi connectivity index (χ1v) is 12.9.